The molecule has 4 heteroatoms. The summed E-state index contributed by atoms with van der Waals surface area (Å²) in [5, 5.41) is 9.17. The third-order valence-electron chi connectivity index (χ3n) is 1.91. The van der Waals surface area contributed by atoms with Crippen molar-refractivity contribution < 1.29 is 14.6 Å². The van der Waals surface area contributed by atoms with E-state index in [9.17, 15) is 4.79 Å². The Labute approximate surface area is 77.7 Å². The second-order valence-corrected chi connectivity index (χ2v) is 3.85. The van der Waals surface area contributed by atoms with Crippen LogP contribution in [0.5, 0.6) is 0 Å². The molecule has 1 atom stereocenters. The molecule has 0 aliphatic heterocycles. The fourth-order valence-electron chi connectivity index (χ4n) is 0.570. The van der Waals surface area contributed by atoms with Gasteiger partial charge in [0, 0.05) is 6.92 Å². The van der Waals surface area contributed by atoms with Crippen LogP contribution in [0.4, 0.5) is 0 Å². The number of thiocarbonyl (C=S) groups is 1. The van der Waals surface area contributed by atoms with Crippen molar-refractivity contribution in [3.8, 4) is 0 Å². The Morgan fingerprint density at radius 2 is 2.00 bits per heavy atom. The van der Waals surface area contributed by atoms with E-state index in [0.29, 0.717) is 5.05 Å². The van der Waals surface area contributed by atoms with Gasteiger partial charge in [0.15, 0.2) is 5.05 Å². The highest BCUT2D eigenvalue weighted by Gasteiger charge is 2.35. The molecule has 0 radical (unpaired) electrons. The highest BCUT2D eigenvalue weighted by molar-refractivity contribution is 7.80. The predicted molar refractivity (Wildman–Crippen MR) is 50.2 cm³/mol. The molecule has 0 aromatic rings. The van der Waals surface area contributed by atoms with Gasteiger partial charge in [-0.1, -0.05) is 0 Å². The van der Waals surface area contributed by atoms with Crippen molar-refractivity contribution in [3.63, 3.8) is 0 Å². The lowest BCUT2D eigenvalue weighted by Gasteiger charge is -2.27. The molecule has 0 aromatic carbocycles. The Morgan fingerprint density at radius 1 is 1.58 bits per heavy atom. The van der Waals surface area contributed by atoms with Gasteiger partial charge in [0.1, 0.15) is 6.10 Å². The fraction of sp³-hybridized carbons (Fsp3) is 0.750. The molecule has 0 aliphatic carbocycles. The van der Waals surface area contributed by atoms with Crippen molar-refractivity contribution in [2.75, 3.05) is 0 Å². The highest BCUT2D eigenvalue weighted by Crippen LogP contribution is 2.23. The van der Waals surface area contributed by atoms with E-state index in [0.717, 1.165) is 0 Å². The number of carboxylic acids is 1. The van der Waals surface area contributed by atoms with E-state index in [4.69, 9.17) is 22.1 Å². The molecule has 0 bridgehead atoms. The van der Waals surface area contributed by atoms with Crippen LogP contribution < -0.4 is 0 Å². The molecule has 0 fully saturated rings. The molecule has 0 aliphatic rings. The monoisotopic (exact) mass is 190 g/mol. The fourth-order valence-corrected chi connectivity index (χ4v) is 0.714. The standard InChI is InChI=1S/C8H14O3S/c1-5(11-6(2)12)8(3,4)7(9)10/h5H,1-4H3,(H,9,10). The van der Waals surface area contributed by atoms with Crippen LogP contribution in [0.2, 0.25) is 0 Å². The van der Waals surface area contributed by atoms with Crippen LogP contribution in [-0.2, 0) is 9.53 Å². The van der Waals surface area contributed by atoms with E-state index in [1.54, 1.807) is 27.7 Å². The summed E-state index contributed by atoms with van der Waals surface area (Å²) in [5.41, 5.74) is -0.903. The summed E-state index contributed by atoms with van der Waals surface area (Å²) in [6.45, 7) is 6.55. The Morgan fingerprint density at radius 3 is 2.25 bits per heavy atom. The zero-order chi connectivity index (χ0) is 9.94. The van der Waals surface area contributed by atoms with E-state index < -0.39 is 17.5 Å². The maximum absolute atomic E-state index is 10.7. The Kier molecular flexibility index (Phi) is 3.64. The minimum Gasteiger partial charge on any atom is -0.483 e. The molecule has 1 N–H and O–H groups in total. The quantitative estimate of drug-likeness (QED) is 0.690. The number of carboxylic acid groups (broad SMARTS) is 1. The first kappa shape index (κ1) is 11.4. The van der Waals surface area contributed by atoms with Gasteiger partial charge >= 0.3 is 5.97 Å². The number of aliphatic carboxylic acids is 1. The van der Waals surface area contributed by atoms with Gasteiger partial charge in [-0.05, 0) is 33.0 Å². The topological polar surface area (TPSA) is 46.5 Å². The van der Waals surface area contributed by atoms with Gasteiger partial charge in [0.05, 0.1) is 5.41 Å². The molecule has 1 unspecified atom stereocenters. The van der Waals surface area contributed by atoms with Crippen LogP contribution in [0.3, 0.4) is 0 Å². The molecular formula is C8H14O3S. The molecular weight excluding hydrogens is 176 g/mol. The van der Waals surface area contributed by atoms with Crippen molar-refractivity contribution in [2.24, 2.45) is 5.41 Å². The van der Waals surface area contributed by atoms with Gasteiger partial charge in [-0.25, -0.2) is 0 Å². The van der Waals surface area contributed by atoms with Gasteiger partial charge < -0.3 is 9.84 Å². The van der Waals surface area contributed by atoms with E-state index in [1.807, 2.05) is 0 Å². The average Bonchev–Trinajstić information content (AvgIpc) is 1.85. The Hall–Kier alpha value is -0.640. The van der Waals surface area contributed by atoms with Gasteiger partial charge in [0.2, 0.25) is 0 Å². The number of hydrogen-bond acceptors (Lipinski definition) is 3. The summed E-state index contributed by atoms with van der Waals surface area (Å²) in [6, 6.07) is 0. The van der Waals surface area contributed by atoms with Crippen LogP contribution in [0.1, 0.15) is 27.7 Å². The largest absolute Gasteiger partial charge is 0.483 e. The molecule has 0 rings (SSSR count). The van der Waals surface area contributed by atoms with Crippen molar-refractivity contribution in [1.29, 1.82) is 0 Å². The number of carbonyl (C=O) groups is 1. The van der Waals surface area contributed by atoms with Crippen LogP contribution in [-0.4, -0.2) is 22.2 Å². The first-order chi connectivity index (χ1) is 5.28. The second-order valence-electron chi connectivity index (χ2n) is 3.28. The van der Waals surface area contributed by atoms with Gasteiger partial charge in [-0.3, -0.25) is 4.79 Å². The van der Waals surface area contributed by atoms with E-state index in [-0.39, 0.29) is 0 Å². The lowest BCUT2D eigenvalue weighted by atomic mass is 9.88. The van der Waals surface area contributed by atoms with Crippen molar-refractivity contribution >= 4 is 23.2 Å². The van der Waals surface area contributed by atoms with Gasteiger partial charge in [-0.15, -0.1) is 0 Å². The molecule has 0 saturated heterocycles. The highest BCUT2D eigenvalue weighted by atomic mass is 32.1. The van der Waals surface area contributed by atoms with Crippen LogP contribution in [0.15, 0.2) is 0 Å². The number of ether oxygens (including phenoxy) is 1. The molecule has 0 saturated carbocycles. The van der Waals surface area contributed by atoms with E-state index in [1.165, 1.54) is 0 Å². The van der Waals surface area contributed by atoms with E-state index in [2.05, 4.69) is 0 Å². The van der Waals surface area contributed by atoms with Crippen LogP contribution >= 0.6 is 12.2 Å². The number of rotatable bonds is 3. The third-order valence-corrected chi connectivity index (χ3v) is 2.01. The van der Waals surface area contributed by atoms with Gasteiger partial charge in [0.25, 0.3) is 0 Å². The maximum atomic E-state index is 10.7. The summed E-state index contributed by atoms with van der Waals surface area (Å²) in [7, 11) is 0. The summed E-state index contributed by atoms with van der Waals surface area (Å²) < 4.78 is 5.13. The second kappa shape index (κ2) is 3.85. The summed E-state index contributed by atoms with van der Waals surface area (Å²) in [6.07, 6.45) is -0.410. The first-order valence-corrected chi connectivity index (χ1v) is 4.10. The normalized spacial score (nSPS) is 13.7. The average molecular weight is 190 g/mol. The zero-order valence-corrected chi connectivity index (χ0v) is 8.57. The molecule has 0 amide bonds. The van der Waals surface area contributed by atoms with Crippen molar-refractivity contribution in [2.45, 2.75) is 33.8 Å². The zero-order valence-electron chi connectivity index (χ0n) is 7.75. The summed E-state index contributed by atoms with van der Waals surface area (Å²) in [5.74, 6) is -0.883. The molecule has 0 spiro atoms. The SMILES string of the molecule is CC(=S)OC(C)C(C)(C)C(=O)O. The minimum atomic E-state index is -0.903. The molecule has 12 heavy (non-hydrogen) atoms. The smallest absolute Gasteiger partial charge is 0.312 e. The van der Waals surface area contributed by atoms with Crippen LogP contribution in [0.25, 0.3) is 0 Å². The lowest BCUT2D eigenvalue weighted by Crippen LogP contribution is -2.37. The van der Waals surface area contributed by atoms with Gasteiger partial charge in [-0.2, -0.15) is 0 Å². The molecule has 70 valence electrons. The summed E-state index contributed by atoms with van der Waals surface area (Å²) in [4.78, 5) is 10.7. The maximum Gasteiger partial charge on any atom is 0.312 e. The predicted octanol–water partition coefficient (Wildman–Crippen LogP) is 1.85. The molecule has 3 nitrogen and oxygen atoms in total. The Bertz CT molecular complexity index is 198. The van der Waals surface area contributed by atoms with E-state index >= 15 is 0 Å². The third kappa shape index (κ3) is 2.77. The molecule has 0 aromatic heterocycles. The van der Waals surface area contributed by atoms with Crippen LogP contribution in [0, 0.1) is 5.41 Å². The lowest BCUT2D eigenvalue weighted by molar-refractivity contribution is -0.152. The van der Waals surface area contributed by atoms with Crippen molar-refractivity contribution in [3.05, 3.63) is 0 Å². The van der Waals surface area contributed by atoms with Crippen molar-refractivity contribution in [1.82, 2.24) is 0 Å². The minimum absolute atomic E-state index is 0.372. The number of hydrogen-bond donors (Lipinski definition) is 1. The summed E-state index contributed by atoms with van der Waals surface area (Å²) >= 11 is 4.71. The molecule has 0 heterocycles. The Balaban J connectivity index is 4.35. The first-order valence-electron chi connectivity index (χ1n) is 3.69.